The van der Waals surface area contributed by atoms with Crippen LogP contribution in [0.4, 0.5) is 0 Å². The van der Waals surface area contributed by atoms with E-state index >= 15 is 0 Å². The van der Waals surface area contributed by atoms with Gasteiger partial charge < -0.3 is 19.0 Å². The molecular formula is C19H27N5O5S. The number of carbonyl (C=O) groups is 1. The third kappa shape index (κ3) is 4.90. The molecule has 2 aromatic heterocycles. The van der Waals surface area contributed by atoms with E-state index in [0.29, 0.717) is 32.0 Å². The molecule has 1 amide bonds. The van der Waals surface area contributed by atoms with Crippen molar-refractivity contribution in [3.05, 3.63) is 18.2 Å². The van der Waals surface area contributed by atoms with Crippen LogP contribution in [0.2, 0.25) is 0 Å². The number of H-pyrrole nitrogens is 1. The van der Waals surface area contributed by atoms with Crippen molar-refractivity contribution in [2.24, 2.45) is 0 Å². The smallest absolute Gasteiger partial charge is 0.311 e. The molecule has 3 heterocycles. The lowest BCUT2D eigenvalue weighted by Crippen LogP contribution is -2.40. The van der Waals surface area contributed by atoms with Crippen LogP contribution in [0.15, 0.2) is 21.6 Å². The highest BCUT2D eigenvalue weighted by molar-refractivity contribution is 7.89. The molecule has 0 unspecified atom stereocenters. The number of nitrogens with one attached hydrogen (secondary N) is 2. The molecular weight excluding hydrogens is 410 g/mol. The molecule has 1 aliphatic carbocycles. The molecule has 1 saturated carbocycles. The van der Waals surface area contributed by atoms with Gasteiger partial charge in [0.05, 0.1) is 13.2 Å². The highest BCUT2D eigenvalue weighted by Gasteiger charge is 2.26. The number of aromatic amines is 1. The molecule has 10 nitrogen and oxygen atoms in total. The molecule has 2 aliphatic rings. The SMILES string of the molecule is O=C(c1nnc(-c2cc(S(=O)(=O)NC3CCCCCCC3)c[nH]2)o1)N1CCOCC1. The summed E-state index contributed by atoms with van der Waals surface area (Å²) in [4.78, 5) is 17.0. The monoisotopic (exact) mass is 437 g/mol. The van der Waals surface area contributed by atoms with E-state index < -0.39 is 10.0 Å². The van der Waals surface area contributed by atoms with E-state index in [1.165, 1.54) is 18.7 Å². The maximum atomic E-state index is 12.8. The van der Waals surface area contributed by atoms with E-state index in [-0.39, 0.29) is 28.6 Å². The lowest BCUT2D eigenvalue weighted by atomic mass is 9.97. The number of nitrogens with zero attached hydrogens (tertiary/aromatic N) is 3. The zero-order valence-corrected chi connectivity index (χ0v) is 17.6. The highest BCUT2D eigenvalue weighted by atomic mass is 32.2. The summed E-state index contributed by atoms with van der Waals surface area (Å²) in [7, 11) is -3.66. The molecule has 0 atom stereocenters. The van der Waals surface area contributed by atoms with Crippen LogP contribution in [0.3, 0.4) is 0 Å². The van der Waals surface area contributed by atoms with Crippen LogP contribution < -0.4 is 4.72 Å². The second kappa shape index (κ2) is 9.27. The van der Waals surface area contributed by atoms with Gasteiger partial charge in [0.1, 0.15) is 10.6 Å². The van der Waals surface area contributed by atoms with Gasteiger partial charge in [-0.05, 0) is 18.9 Å². The Kier molecular flexibility index (Phi) is 6.49. The van der Waals surface area contributed by atoms with Crippen LogP contribution in [0.1, 0.15) is 55.6 Å². The number of morpholine rings is 1. The first-order valence-corrected chi connectivity index (χ1v) is 11.9. The molecule has 30 heavy (non-hydrogen) atoms. The minimum atomic E-state index is -3.66. The van der Waals surface area contributed by atoms with Crippen molar-refractivity contribution in [3.63, 3.8) is 0 Å². The number of hydrogen-bond donors (Lipinski definition) is 2. The van der Waals surface area contributed by atoms with E-state index in [0.717, 1.165) is 38.5 Å². The predicted molar refractivity (Wildman–Crippen MR) is 107 cm³/mol. The molecule has 2 aromatic rings. The van der Waals surface area contributed by atoms with E-state index in [1.807, 2.05) is 0 Å². The quantitative estimate of drug-likeness (QED) is 0.731. The van der Waals surface area contributed by atoms with Gasteiger partial charge in [0, 0.05) is 25.3 Å². The van der Waals surface area contributed by atoms with Gasteiger partial charge in [-0.2, -0.15) is 0 Å². The van der Waals surface area contributed by atoms with Crippen LogP contribution in [-0.4, -0.2) is 66.8 Å². The van der Waals surface area contributed by atoms with E-state index in [9.17, 15) is 13.2 Å². The summed E-state index contributed by atoms with van der Waals surface area (Å²) in [5.74, 6) is -0.417. The number of aromatic nitrogens is 3. The number of amides is 1. The van der Waals surface area contributed by atoms with Gasteiger partial charge in [0.2, 0.25) is 10.0 Å². The normalized spacial score (nSPS) is 19.4. The van der Waals surface area contributed by atoms with Gasteiger partial charge in [0.15, 0.2) is 0 Å². The van der Waals surface area contributed by atoms with Crippen LogP contribution in [0.5, 0.6) is 0 Å². The molecule has 11 heteroatoms. The molecule has 1 aliphatic heterocycles. The van der Waals surface area contributed by atoms with Gasteiger partial charge in [-0.15, -0.1) is 10.2 Å². The molecule has 0 aromatic carbocycles. The zero-order chi connectivity index (χ0) is 21.0. The fourth-order valence-corrected chi connectivity index (χ4v) is 5.13. The number of rotatable bonds is 5. The Morgan fingerprint density at radius 1 is 1.10 bits per heavy atom. The number of ether oxygens (including phenoxy) is 1. The lowest BCUT2D eigenvalue weighted by Gasteiger charge is -2.25. The van der Waals surface area contributed by atoms with E-state index in [2.05, 4.69) is 19.9 Å². The zero-order valence-electron chi connectivity index (χ0n) is 16.8. The topological polar surface area (TPSA) is 130 Å². The van der Waals surface area contributed by atoms with Crippen LogP contribution in [0, 0.1) is 0 Å². The summed E-state index contributed by atoms with van der Waals surface area (Å²) in [6, 6.07) is 1.40. The lowest BCUT2D eigenvalue weighted by molar-refractivity contribution is 0.0278. The van der Waals surface area contributed by atoms with Crippen molar-refractivity contribution in [2.75, 3.05) is 26.3 Å². The number of carbonyl (C=O) groups excluding carboxylic acids is 1. The average molecular weight is 438 g/mol. The van der Waals surface area contributed by atoms with Crippen LogP contribution >= 0.6 is 0 Å². The molecule has 4 rings (SSSR count). The maximum absolute atomic E-state index is 12.8. The van der Waals surface area contributed by atoms with Crippen molar-refractivity contribution in [1.29, 1.82) is 0 Å². The third-order valence-electron chi connectivity index (χ3n) is 5.53. The van der Waals surface area contributed by atoms with Crippen molar-refractivity contribution in [2.45, 2.75) is 55.9 Å². The van der Waals surface area contributed by atoms with Crippen molar-refractivity contribution < 1.29 is 22.4 Å². The highest BCUT2D eigenvalue weighted by Crippen LogP contribution is 2.23. The van der Waals surface area contributed by atoms with E-state index in [4.69, 9.17) is 9.15 Å². The Morgan fingerprint density at radius 2 is 1.80 bits per heavy atom. The summed E-state index contributed by atoms with van der Waals surface area (Å²) >= 11 is 0. The largest absolute Gasteiger partial charge is 0.411 e. The minimum absolute atomic E-state index is 0.0465. The first-order valence-electron chi connectivity index (χ1n) is 10.4. The van der Waals surface area contributed by atoms with Crippen molar-refractivity contribution in [3.8, 4) is 11.6 Å². The summed E-state index contributed by atoms with van der Waals surface area (Å²) < 4.78 is 39.1. The molecule has 2 N–H and O–H groups in total. The molecule has 0 spiro atoms. The first kappa shape index (κ1) is 21.0. The summed E-state index contributed by atoms with van der Waals surface area (Å²) in [5, 5.41) is 7.71. The Morgan fingerprint density at radius 3 is 2.53 bits per heavy atom. The van der Waals surface area contributed by atoms with Gasteiger partial charge >= 0.3 is 11.8 Å². The van der Waals surface area contributed by atoms with Crippen LogP contribution in [0.25, 0.3) is 11.6 Å². The Hall–Kier alpha value is -2.24. The summed E-state index contributed by atoms with van der Waals surface area (Å²) in [5.41, 5.74) is 0.349. The standard InChI is InChI=1S/C19H27N5O5S/c25-19(24-8-10-28-11-9-24)18-22-21-17(29-18)16-12-15(13-20-16)30(26,27)23-14-6-4-2-1-3-5-7-14/h12-14,20,23H,1-11H2. The minimum Gasteiger partial charge on any atom is -0.411 e. The second-order valence-corrected chi connectivity index (χ2v) is 9.44. The number of sulfonamides is 1. The second-order valence-electron chi connectivity index (χ2n) is 7.73. The fraction of sp³-hybridized carbons (Fsp3) is 0.632. The summed E-state index contributed by atoms with van der Waals surface area (Å²) in [6.45, 7) is 1.87. The van der Waals surface area contributed by atoms with Gasteiger partial charge in [-0.25, -0.2) is 13.1 Å². The van der Waals surface area contributed by atoms with Gasteiger partial charge in [0.25, 0.3) is 5.89 Å². The fourth-order valence-electron chi connectivity index (χ4n) is 3.83. The van der Waals surface area contributed by atoms with Crippen molar-refractivity contribution >= 4 is 15.9 Å². The Labute approximate surface area is 175 Å². The van der Waals surface area contributed by atoms with Crippen molar-refractivity contribution in [1.82, 2.24) is 24.8 Å². The predicted octanol–water partition coefficient (Wildman–Crippen LogP) is 1.93. The molecule has 0 bridgehead atoms. The molecule has 0 radical (unpaired) electrons. The van der Waals surface area contributed by atoms with Crippen LogP contribution in [-0.2, 0) is 14.8 Å². The number of hydrogen-bond acceptors (Lipinski definition) is 7. The molecule has 164 valence electrons. The Balaban J connectivity index is 1.44. The maximum Gasteiger partial charge on any atom is 0.311 e. The molecule has 1 saturated heterocycles. The third-order valence-corrected chi connectivity index (χ3v) is 7.03. The van der Waals surface area contributed by atoms with E-state index in [1.54, 1.807) is 4.90 Å². The summed E-state index contributed by atoms with van der Waals surface area (Å²) in [6.07, 6.45) is 8.70. The average Bonchev–Trinajstić information content (AvgIpc) is 3.40. The Bertz CT molecular complexity index is 956. The first-order chi connectivity index (χ1) is 14.5. The van der Waals surface area contributed by atoms with Gasteiger partial charge in [-0.3, -0.25) is 4.79 Å². The van der Waals surface area contributed by atoms with Gasteiger partial charge in [-0.1, -0.05) is 32.1 Å². The molecule has 2 fully saturated rings.